The van der Waals surface area contributed by atoms with E-state index < -0.39 is 11.7 Å². The van der Waals surface area contributed by atoms with Crippen LogP contribution in [0.4, 0.5) is 19.1 Å². The molecule has 1 aromatic heterocycles. The number of piperidine rings is 1. The lowest BCUT2D eigenvalue weighted by Crippen LogP contribution is -2.41. The smallest absolute Gasteiger partial charge is 0.352 e. The fraction of sp³-hybridized carbons (Fsp3) is 0.444. The van der Waals surface area contributed by atoms with E-state index in [9.17, 15) is 18.0 Å². The van der Waals surface area contributed by atoms with Gasteiger partial charge in [-0.25, -0.2) is 4.98 Å². The van der Waals surface area contributed by atoms with Crippen molar-refractivity contribution < 1.29 is 18.0 Å². The molecule has 0 radical (unpaired) electrons. The number of hydrogen-bond donors (Lipinski definition) is 1. The number of hydrogen-bond acceptors (Lipinski definition) is 5. The molecule has 150 valence electrons. The Morgan fingerprint density at radius 3 is 2.54 bits per heavy atom. The van der Waals surface area contributed by atoms with Crippen LogP contribution in [0.1, 0.15) is 29.8 Å². The molecule has 0 atom stereocenters. The molecule has 0 saturated carbocycles. The van der Waals surface area contributed by atoms with E-state index >= 15 is 0 Å². The molecule has 1 fully saturated rings. The molecule has 0 bridgehead atoms. The van der Waals surface area contributed by atoms with Gasteiger partial charge in [0.25, 0.3) is 0 Å². The van der Waals surface area contributed by atoms with Gasteiger partial charge < -0.3 is 10.2 Å². The van der Waals surface area contributed by atoms with Crippen molar-refractivity contribution in [3.8, 4) is 0 Å². The Hall–Kier alpha value is -2.42. The molecule has 3 rings (SSSR count). The summed E-state index contributed by atoms with van der Waals surface area (Å²) in [5.41, 5.74) is -0.678. The number of aryl methyl sites for hydroxylation is 1. The first-order valence-corrected chi connectivity index (χ1v) is 9.18. The van der Waals surface area contributed by atoms with E-state index in [1.165, 1.54) is 18.2 Å². The molecule has 0 unspecified atom stereocenters. The number of carbonyl (C=O) groups is 1. The summed E-state index contributed by atoms with van der Waals surface area (Å²) in [6.45, 7) is 2.67. The molecule has 6 nitrogen and oxygen atoms in total. The molecule has 10 heteroatoms. The van der Waals surface area contributed by atoms with Gasteiger partial charge in [-0.1, -0.05) is 18.2 Å². The first kappa shape index (κ1) is 20.3. The van der Waals surface area contributed by atoms with E-state index in [-0.39, 0.29) is 29.2 Å². The Morgan fingerprint density at radius 2 is 1.89 bits per heavy atom. The summed E-state index contributed by atoms with van der Waals surface area (Å²) >= 11 is 5.86. The molecule has 1 N–H and O–H groups in total. The zero-order valence-corrected chi connectivity index (χ0v) is 15.9. The summed E-state index contributed by atoms with van der Waals surface area (Å²) in [6.07, 6.45) is -3.35. The van der Waals surface area contributed by atoms with Crippen molar-refractivity contribution >= 4 is 23.5 Å². The second-order valence-corrected chi connectivity index (χ2v) is 6.92. The van der Waals surface area contributed by atoms with Gasteiger partial charge in [0.15, 0.2) is 0 Å². The van der Waals surface area contributed by atoms with E-state index in [0.29, 0.717) is 37.7 Å². The van der Waals surface area contributed by atoms with Gasteiger partial charge in [0, 0.05) is 25.6 Å². The summed E-state index contributed by atoms with van der Waals surface area (Å²) < 4.78 is 39.1. The van der Waals surface area contributed by atoms with Crippen LogP contribution in [0.25, 0.3) is 0 Å². The highest BCUT2D eigenvalue weighted by molar-refractivity contribution is 6.28. The number of anilines is 1. The molecule has 1 aromatic carbocycles. The van der Waals surface area contributed by atoms with Crippen LogP contribution in [0.15, 0.2) is 24.3 Å². The minimum atomic E-state index is -4.45. The molecule has 1 aliphatic heterocycles. The summed E-state index contributed by atoms with van der Waals surface area (Å²) in [7, 11) is 0. The summed E-state index contributed by atoms with van der Waals surface area (Å²) in [5, 5.41) is 2.75. The van der Waals surface area contributed by atoms with Crippen molar-refractivity contribution in [2.75, 3.05) is 18.0 Å². The van der Waals surface area contributed by atoms with Crippen LogP contribution in [-0.2, 0) is 17.5 Å². The summed E-state index contributed by atoms with van der Waals surface area (Å²) in [6, 6.07) is 5.25. The van der Waals surface area contributed by atoms with Gasteiger partial charge in [0.2, 0.25) is 17.1 Å². The lowest BCUT2D eigenvalue weighted by Gasteiger charge is -2.31. The quantitative estimate of drug-likeness (QED) is 0.832. The number of halogens is 4. The molecule has 0 aliphatic carbocycles. The van der Waals surface area contributed by atoms with Gasteiger partial charge in [-0.05, 0) is 43.0 Å². The Labute approximate surface area is 165 Å². The summed E-state index contributed by atoms with van der Waals surface area (Å²) in [4.78, 5) is 26.6. The SMILES string of the molecule is Cc1nc(Cl)nc(N2CCC(C(=O)NCc3ccccc3C(F)(F)F)CC2)n1. The summed E-state index contributed by atoms with van der Waals surface area (Å²) in [5.74, 6) is 0.461. The van der Waals surface area contributed by atoms with Gasteiger partial charge >= 0.3 is 6.18 Å². The maximum absolute atomic E-state index is 13.0. The number of carbonyl (C=O) groups excluding carboxylic acids is 1. The molecule has 1 amide bonds. The zero-order valence-electron chi connectivity index (χ0n) is 15.1. The lowest BCUT2D eigenvalue weighted by molar-refractivity contribution is -0.138. The predicted molar refractivity (Wildman–Crippen MR) is 97.8 cm³/mol. The van der Waals surface area contributed by atoms with Gasteiger partial charge in [0.05, 0.1) is 5.56 Å². The van der Waals surface area contributed by atoms with Crippen LogP contribution in [0.5, 0.6) is 0 Å². The highest BCUT2D eigenvalue weighted by Gasteiger charge is 2.33. The van der Waals surface area contributed by atoms with Gasteiger partial charge in [-0.2, -0.15) is 23.1 Å². The average molecular weight is 414 g/mol. The van der Waals surface area contributed by atoms with Crippen molar-refractivity contribution in [1.82, 2.24) is 20.3 Å². The zero-order chi connectivity index (χ0) is 20.3. The molecular weight excluding hydrogens is 395 g/mol. The fourth-order valence-electron chi connectivity index (χ4n) is 3.20. The van der Waals surface area contributed by atoms with Gasteiger partial charge in [-0.15, -0.1) is 0 Å². The molecule has 2 aromatic rings. The number of benzene rings is 1. The van der Waals surface area contributed by atoms with Crippen LogP contribution < -0.4 is 10.2 Å². The molecule has 1 saturated heterocycles. The van der Waals surface area contributed by atoms with E-state index in [1.807, 2.05) is 4.90 Å². The predicted octanol–water partition coefficient (Wildman–Crippen LogP) is 3.39. The first-order valence-electron chi connectivity index (χ1n) is 8.80. The van der Waals surface area contributed by atoms with E-state index in [1.54, 1.807) is 6.92 Å². The van der Waals surface area contributed by atoms with Crippen molar-refractivity contribution in [1.29, 1.82) is 0 Å². The van der Waals surface area contributed by atoms with E-state index in [2.05, 4.69) is 20.3 Å². The lowest BCUT2D eigenvalue weighted by atomic mass is 9.96. The van der Waals surface area contributed by atoms with Gasteiger partial charge in [-0.3, -0.25) is 4.79 Å². The first-order chi connectivity index (χ1) is 13.2. The number of amides is 1. The minimum absolute atomic E-state index is 0.0519. The number of alkyl halides is 3. The van der Waals surface area contributed by atoms with Gasteiger partial charge in [0.1, 0.15) is 5.82 Å². The Balaban J connectivity index is 1.56. The number of rotatable bonds is 4. The average Bonchev–Trinajstić information content (AvgIpc) is 2.65. The van der Waals surface area contributed by atoms with Crippen molar-refractivity contribution in [3.05, 3.63) is 46.5 Å². The molecule has 2 heterocycles. The van der Waals surface area contributed by atoms with Crippen LogP contribution in [0.2, 0.25) is 5.28 Å². The fourth-order valence-corrected chi connectivity index (χ4v) is 3.39. The number of nitrogens with zero attached hydrogens (tertiary/aromatic N) is 4. The largest absolute Gasteiger partial charge is 0.416 e. The molecular formula is C18H19ClF3N5O. The third-order valence-electron chi connectivity index (χ3n) is 4.63. The molecule has 0 spiro atoms. The van der Waals surface area contributed by atoms with Crippen LogP contribution >= 0.6 is 11.6 Å². The monoisotopic (exact) mass is 413 g/mol. The van der Waals surface area contributed by atoms with E-state index in [0.717, 1.165) is 6.07 Å². The standard InChI is InChI=1S/C18H19ClF3N5O/c1-11-24-16(19)26-17(25-11)27-8-6-12(7-9-27)15(28)23-10-13-4-2-3-5-14(13)18(20,21)22/h2-5,12H,6-10H2,1H3,(H,23,28). The minimum Gasteiger partial charge on any atom is -0.352 e. The Kier molecular flexibility index (Phi) is 6.02. The Morgan fingerprint density at radius 1 is 1.21 bits per heavy atom. The Bertz CT molecular complexity index is 833. The second kappa shape index (κ2) is 8.30. The van der Waals surface area contributed by atoms with Crippen molar-refractivity contribution in [2.24, 2.45) is 5.92 Å². The normalized spacial score (nSPS) is 15.5. The van der Waals surface area contributed by atoms with Crippen LogP contribution in [0, 0.1) is 12.8 Å². The third-order valence-corrected chi connectivity index (χ3v) is 4.80. The van der Waals surface area contributed by atoms with Crippen molar-refractivity contribution in [3.63, 3.8) is 0 Å². The number of nitrogens with one attached hydrogen (secondary N) is 1. The van der Waals surface area contributed by atoms with Crippen LogP contribution in [0.3, 0.4) is 0 Å². The maximum atomic E-state index is 13.0. The van der Waals surface area contributed by atoms with E-state index in [4.69, 9.17) is 11.6 Å². The molecule has 28 heavy (non-hydrogen) atoms. The highest BCUT2D eigenvalue weighted by Crippen LogP contribution is 2.32. The van der Waals surface area contributed by atoms with Crippen molar-refractivity contribution in [2.45, 2.75) is 32.5 Å². The highest BCUT2D eigenvalue weighted by atomic mass is 35.5. The second-order valence-electron chi connectivity index (χ2n) is 6.59. The third kappa shape index (κ3) is 4.89. The van der Waals surface area contributed by atoms with Crippen LogP contribution in [-0.4, -0.2) is 33.9 Å². The maximum Gasteiger partial charge on any atom is 0.416 e. The molecule has 1 aliphatic rings. The number of aromatic nitrogens is 3. The topological polar surface area (TPSA) is 71.0 Å².